The molecule has 2 atom stereocenters. The van der Waals surface area contributed by atoms with Gasteiger partial charge in [-0.25, -0.2) is 14.6 Å². The number of piperidine rings is 1. The fraction of sp³-hybridized carbons (Fsp3) is 0.286. The molecule has 6 heterocycles. The Hall–Kier alpha value is -5.22. The number of nitriles is 1. The number of rotatable bonds is 6. The van der Waals surface area contributed by atoms with E-state index in [-0.39, 0.29) is 24.5 Å². The van der Waals surface area contributed by atoms with Gasteiger partial charge in [-0.1, -0.05) is 11.3 Å². The van der Waals surface area contributed by atoms with Crippen molar-refractivity contribution >= 4 is 22.6 Å². The van der Waals surface area contributed by atoms with Crippen molar-refractivity contribution in [2.45, 2.75) is 38.5 Å². The second kappa shape index (κ2) is 10.7. The molecule has 0 aromatic carbocycles. The van der Waals surface area contributed by atoms with Crippen LogP contribution in [0.4, 0.5) is 5.69 Å². The van der Waals surface area contributed by atoms with Crippen LogP contribution in [0.2, 0.25) is 0 Å². The highest BCUT2D eigenvalue weighted by Crippen LogP contribution is 2.31. The first kappa shape index (κ1) is 26.0. The van der Waals surface area contributed by atoms with Gasteiger partial charge >= 0.3 is 0 Å². The molecular formula is C28H27N11O2. The number of aliphatic hydroxyl groups excluding tert-OH is 1. The molecule has 5 aromatic heterocycles. The molecule has 0 aliphatic carbocycles. The smallest absolute Gasteiger partial charge is 0.272 e. The van der Waals surface area contributed by atoms with Crippen molar-refractivity contribution in [3.8, 4) is 23.1 Å². The van der Waals surface area contributed by atoms with Crippen LogP contribution in [-0.4, -0.2) is 80.9 Å². The van der Waals surface area contributed by atoms with E-state index in [2.05, 4.69) is 41.7 Å². The first-order valence-corrected chi connectivity index (χ1v) is 13.2. The molecule has 0 spiro atoms. The molecule has 0 bridgehead atoms. The van der Waals surface area contributed by atoms with Crippen LogP contribution in [0.15, 0.2) is 61.3 Å². The Morgan fingerprint density at radius 2 is 2.05 bits per heavy atom. The Balaban J connectivity index is 1.25. The highest BCUT2D eigenvalue weighted by atomic mass is 16.3. The molecule has 1 aliphatic heterocycles. The number of carbonyl (C=O) groups excluding carboxylic acids is 1. The first-order valence-electron chi connectivity index (χ1n) is 13.2. The van der Waals surface area contributed by atoms with Crippen molar-refractivity contribution in [2.75, 3.05) is 18.4 Å². The number of nitrogens with one attached hydrogen (secondary N) is 1. The summed E-state index contributed by atoms with van der Waals surface area (Å²) in [5.74, 6) is 0.348. The van der Waals surface area contributed by atoms with Gasteiger partial charge in [0.05, 0.1) is 30.1 Å². The first-order chi connectivity index (χ1) is 19.9. The molecule has 2 N–H and O–H groups in total. The van der Waals surface area contributed by atoms with Crippen molar-refractivity contribution in [1.82, 2.24) is 44.6 Å². The quantitative estimate of drug-likeness (QED) is 0.322. The number of β-amino-alcohol motifs (C(OH)–C–C–N with tert-alkyl or cyclic N) is 1. The van der Waals surface area contributed by atoms with E-state index in [4.69, 9.17) is 0 Å². The van der Waals surface area contributed by atoms with Crippen molar-refractivity contribution < 1.29 is 9.90 Å². The number of hydrogen-bond donors (Lipinski definition) is 2. The minimum Gasteiger partial charge on any atom is -0.389 e. The summed E-state index contributed by atoms with van der Waals surface area (Å²) in [7, 11) is 0. The van der Waals surface area contributed by atoms with Gasteiger partial charge in [-0.15, -0.1) is 5.10 Å². The zero-order valence-electron chi connectivity index (χ0n) is 22.5. The molecule has 6 rings (SSSR count). The Kier molecular flexibility index (Phi) is 6.82. The molecule has 206 valence electrons. The van der Waals surface area contributed by atoms with E-state index in [1.807, 2.05) is 19.9 Å². The summed E-state index contributed by atoms with van der Waals surface area (Å²) in [5, 5.41) is 37.5. The van der Waals surface area contributed by atoms with Crippen LogP contribution in [-0.2, 0) is 0 Å². The summed E-state index contributed by atoms with van der Waals surface area (Å²) in [4.78, 5) is 27.6. The third kappa shape index (κ3) is 5.08. The standard InChI is InChI=1S/C28H27N11O2/c1-17(2)34-22-10-26(39-27-19(13-33-39)9-18(11-29)12-32-27)31-14-20(22)23-15-38(36-35-23)24-6-8-37(16-25(24)40)28(41)21-5-3-4-7-30-21/h3-5,7,9-10,12-15,17,24-25,40H,6,8,16H2,1-2H3,(H,31,34)/t24-,25+/m0/s1. The van der Waals surface area contributed by atoms with Crippen LogP contribution in [0.1, 0.15) is 42.4 Å². The highest BCUT2D eigenvalue weighted by molar-refractivity contribution is 5.92. The van der Waals surface area contributed by atoms with Crippen LogP contribution in [0.5, 0.6) is 0 Å². The molecule has 0 radical (unpaired) electrons. The summed E-state index contributed by atoms with van der Waals surface area (Å²) in [5.41, 5.74) is 3.52. The van der Waals surface area contributed by atoms with Crippen LogP contribution < -0.4 is 5.32 Å². The van der Waals surface area contributed by atoms with Gasteiger partial charge in [0.25, 0.3) is 5.91 Å². The fourth-order valence-corrected chi connectivity index (χ4v) is 4.97. The lowest BCUT2D eigenvalue weighted by Gasteiger charge is -2.35. The zero-order valence-corrected chi connectivity index (χ0v) is 22.5. The van der Waals surface area contributed by atoms with Gasteiger partial charge in [-0.3, -0.25) is 9.78 Å². The monoisotopic (exact) mass is 549 g/mol. The Morgan fingerprint density at radius 1 is 1.17 bits per heavy atom. The maximum atomic E-state index is 12.8. The number of anilines is 1. The summed E-state index contributed by atoms with van der Waals surface area (Å²) in [6, 6.07) is 10.7. The largest absolute Gasteiger partial charge is 0.389 e. The van der Waals surface area contributed by atoms with E-state index in [0.29, 0.717) is 41.4 Å². The number of nitrogens with zero attached hydrogens (tertiary/aromatic N) is 10. The number of amides is 1. The third-order valence-corrected chi connectivity index (χ3v) is 6.93. The number of likely N-dealkylation sites (tertiary alicyclic amines) is 1. The normalized spacial score (nSPS) is 17.1. The minimum absolute atomic E-state index is 0.118. The minimum atomic E-state index is -0.818. The molecule has 0 saturated carbocycles. The van der Waals surface area contributed by atoms with Gasteiger partial charge in [0, 0.05) is 60.4 Å². The van der Waals surface area contributed by atoms with E-state index in [9.17, 15) is 15.2 Å². The Morgan fingerprint density at radius 3 is 2.80 bits per heavy atom. The SMILES string of the molecule is CC(C)Nc1cc(-n2ncc3cc(C#N)cnc32)ncc1-c1cn([C@H]2CCN(C(=O)c3ccccn3)C[C@H]2O)nn1. The number of hydrogen-bond acceptors (Lipinski definition) is 10. The molecule has 13 heteroatoms. The van der Waals surface area contributed by atoms with Crippen LogP contribution >= 0.6 is 0 Å². The molecule has 1 fully saturated rings. The highest BCUT2D eigenvalue weighted by Gasteiger charge is 2.33. The number of aliphatic hydroxyl groups is 1. The van der Waals surface area contributed by atoms with E-state index < -0.39 is 6.10 Å². The van der Waals surface area contributed by atoms with Gasteiger partial charge in [0.2, 0.25) is 0 Å². The fourth-order valence-electron chi connectivity index (χ4n) is 4.97. The predicted octanol–water partition coefficient (Wildman–Crippen LogP) is 2.61. The summed E-state index contributed by atoms with van der Waals surface area (Å²) in [6.07, 6.45) is 7.94. The average molecular weight is 550 g/mol. The van der Waals surface area contributed by atoms with Gasteiger partial charge in [-0.2, -0.15) is 15.0 Å². The van der Waals surface area contributed by atoms with Crippen molar-refractivity contribution in [3.05, 3.63) is 72.6 Å². The summed E-state index contributed by atoms with van der Waals surface area (Å²) < 4.78 is 3.28. The Bertz CT molecular complexity index is 1760. The Labute approximate surface area is 235 Å². The van der Waals surface area contributed by atoms with Gasteiger partial charge in [-0.05, 0) is 38.5 Å². The molecule has 41 heavy (non-hydrogen) atoms. The molecular weight excluding hydrogens is 522 g/mol. The van der Waals surface area contributed by atoms with E-state index >= 15 is 0 Å². The predicted molar refractivity (Wildman–Crippen MR) is 149 cm³/mol. The van der Waals surface area contributed by atoms with Gasteiger partial charge < -0.3 is 15.3 Å². The van der Waals surface area contributed by atoms with Gasteiger partial charge in [0.15, 0.2) is 11.5 Å². The van der Waals surface area contributed by atoms with E-state index in [0.717, 1.165) is 16.6 Å². The molecule has 13 nitrogen and oxygen atoms in total. The second-order valence-corrected chi connectivity index (χ2v) is 10.2. The van der Waals surface area contributed by atoms with Crippen LogP contribution in [0, 0.1) is 11.3 Å². The molecule has 1 aliphatic rings. The average Bonchev–Trinajstić information content (AvgIpc) is 3.64. The molecule has 5 aromatic rings. The second-order valence-electron chi connectivity index (χ2n) is 10.2. The molecule has 0 unspecified atom stereocenters. The van der Waals surface area contributed by atoms with E-state index in [1.165, 1.54) is 6.20 Å². The van der Waals surface area contributed by atoms with Crippen molar-refractivity contribution in [1.29, 1.82) is 5.26 Å². The number of fused-ring (bicyclic) bond motifs is 1. The lowest BCUT2D eigenvalue weighted by molar-refractivity contribution is 0.0196. The number of pyridine rings is 3. The maximum Gasteiger partial charge on any atom is 0.272 e. The van der Waals surface area contributed by atoms with E-state index in [1.54, 1.807) is 63.3 Å². The van der Waals surface area contributed by atoms with Crippen LogP contribution in [0.25, 0.3) is 28.1 Å². The van der Waals surface area contributed by atoms with Crippen LogP contribution in [0.3, 0.4) is 0 Å². The topological polar surface area (TPSA) is 164 Å². The lowest BCUT2D eigenvalue weighted by Crippen LogP contribution is -2.47. The van der Waals surface area contributed by atoms with Crippen molar-refractivity contribution in [2.24, 2.45) is 0 Å². The van der Waals surface area contributed by atoms with Crippen molar-refractivity contribution in [3.63, 3.8) is 0 Å². The maximum absolute atomic E-state index is 12.8. The number of aromatic nitrogens is 8. The summed E-state index contributed by atoms with van der Waals surface area (Å²) in [6.45, 7) is 4.70. The molecule has 1 saturated heterocycles. The third-order valence-electron chi connectivity index (χ3n) is 6.93. The van der Waals surface area contributed by atoms with Gasteiger partial charge in [0.1, 0.15) is 17.5 Å². The number of carbonyl (C=O) groups is 1. The zero-order chi connectivity index (χ0) is 28.5. The lowest BCUT2D eigenvalue weighted by atomic mass is 10.0. The summed E-state index contributed by atoms with van der Waals surface area (Å²) >= 11 is 0. The molecule has 1 amide bonds.